The molecule has 17 heavy (non-hydrogen) atoms. The van der Waals surface area contributed by atoms with E-state index >= 15 is 0 Å². The van der Waals surface area contributed by atoms with Gasteiger partial charge in [0.05, 0.1) is 6.61 Å². The Morgan fingerprint density at radius 1 is 1.53 bits per heavy atom. The van der Waals surface area contributed by atoms with Gasteiger partial charge in [0.15, 0.2) is 6.61 Å². The third-order valence-electron chi connectivity index (χ3n) is 2.93. The Morgan fingerprint density at radius 3 is 2.94 bits per heavy atom. The van der Waals surface area contributed by atoms with Gasteiger partial charge in [-0.25, -0.2) is 0 Å². The molecule has 0 unspecified atom stereocenters. The zero-order valence-corrected chi connectivity index (χ0v) is 9.93. The monoisotopic (exact) mass is 235 g/mol. The Balaban J connectivity index is 1.85. The van der Waals surface area contributed by atoms with Gasteiger partial charge in [-0.1, -0.05) is 12.1 Å². The Labute approximate surface area is 101 Å². The molecule has 1 aromatic carbocycles. The van der Waals surface area contributed by atoms with Gasteiger partial charge >= 0.3 is 0 Å². The normalized spacial score (nSPS) is 14.5. The summed E-state index contributed by atoms with van der Waals surface area (Å²) in [5.74, 6) is 0.621. The lowest BCUT2D eigenvalue weighted by atomic mass is 10.2. The summed E-state index contributed by atoms with van der Waals surface area (Å²) >= 11 is 0. The van der Waals surface area contributed by atoms with Crippen molar-refractivity contribution in [3.05, 3.63) is 29.8 Å². The molecule has 0 bridgehead atoms. The van der Waals surface area contributed by atoms with E-state index in [1.54, 1.807) is 23.1 Å². The summed E-state index contributed by atoms with van der Waals surface area (Å²) in [7, 11) is 1.81. The van der Waals surface area contributed by atoms with Crippen LogP contribution in [0.25, 0.3) is 0 Å². The lowest BCUT2D eigenvalue weighted by Crippen LogP contribution is -2.33. The third kappa shape index (κ3) is 3.20. The second-order valence-electron chi connectivity index (χ2n) is 4.33. The maximum atomic E-state index is 11.7. The Kier molecular flexibility index (Phi) is 3.64. The zero-order chi connectivity index (χ0) is 12.3. The maximum Gasteiger partial charge on any atom is 0.260 e. The van der Waals surface area contributed by atoms with Crippen LogP contribution in [-0.2, 0) is 11.4 Å². The first-order valence-electron chi connectivity index (χ1n) is 5.79. The van der Waals surface area contributed by atoms with Gasteiger partial charge in [-0.05, 0) is 30.5 Å². The summed E-state index contributed by atoms with van der Waals surface area (Å²) in [6, 6.07) is 7.55. The van der Waals surface area contributed by atoms with E-state index in [2.05, 4.69) is 0 Å². The number of aliphatic hydroxyl groups excluding tert-OH is 1. The minimum Gasteiger partial charge on any atom is -0.484 e. The van der Waals surface area contributed by atoms with Crippen molar-refractivity contribution < 1.29 is 14.6 Å². The van der Waals surface area contributed by atoms with Gasteiger partial charge in [-0.3, -0.25) is 4.79 Å². The highest BCUT2D eigenvalue weighted by atomic mass is 16.5. The summed E-state index contributed by atoms with van der Waals surface area (Å²) in [6.07, 6.45) is 2.20. The lowest BCUT2D eigenvalue weighted by Gasteiger charge is -2.16. The molecule has 4 nitrogen and oxygen atoms in total. The smallest absolute Gasteiger partial charge is 0.260 e. The van der Waals surface area contributed by atoms with Crippen LogP contribution < -0.4 is 4.74 Å². The Hall–Kier alpha value is -1.55. The molecule has 1 aliphatic carbocycles. The Morgan fingerprint density at radius 2 is 2.29 bits per heavy atom. The van der Waals surface area contributed by atoms with Crippen molar-refractivity contribution >= 4 is 5.91 Å². The van der Waals surface area contributed by atoms with Crippen molar-refractivity contribution in [3.63, 3.8) is 0 Å². The number of rotatable bonds is 5. The largest absolute Gasteiger partial charge is 0.484 e. The molecule has 0 heterocycles. The summed E-state index contributed by atoms with van der Waals surface area (Å²) in [5.41, 5.74) is 0.783. The fourth-order valence-electron chi connectivity index (χ4n) is 1.65. The average Bonchev–Trinajstić information content (AvgIpc) is 3.19. The van der Waals surface area contributed by atoms with E-state index in [1.165, 1.54) is 0 Å². The topological polar surface area (TPSA) is 49.8 Å². The minimum absolute atomic E-state index is 0.00176. The molecule has 1 aliphatic rings. The number of carbonyl (C=O) groups is 1. The molecule has 4 heteroatoms. The summed E-state index contributed by atoms with van der Waals surface area (Å²) in [4.78, 5) is 13.4. The van der Waals surface area contributed by atoms with E-state index in [1.807, 2.05) is 13.1 Å². The fraction of sp³-hybridized carbons (Fsp3) is 0.462. The van der Waals surface area contributed by atoms with Gasteiger partial charge in [-0.2, -0.15) is 0 Å². The number of nitrogens with zero attached hydrogens (tertiary/aromatic N) is 1. The van der Waals surface area contributed by atoms with E-state index in [4.69, 9.17) is 9.84 Å². The number of carbonyl (C=O) groups excluding carboxylic acids is 1. The van der Waals surface area contributed by atoms with Crippen LogP contribution in [0.2, 0.25) is 0 Å². The van der Waals surface area contributed by atoms with Crippen LogP contribution in [-0.4, -0.2) is 35.6 Å². The van der Waals surface area contributed by atoms with E-state index in [-0.39, 0.29) is 19.1 Å². The van der Waals surface area contributed by atoms with Gasteiger partial charge in [0.1, 0.15) is 5.75 Å². The van der Waals surface area contributed by atoms with E-state index in [0.29, 0.717) is 11.8 Å². The number of ether oxygens (including phenoxy) is 1. The number of aliphatic hydroxyl groups is 1. The van der Waals surface area contributed by atoms with Gasteiger partial charge in [-0.15, -0.1) is 0 Å². The fourth-order valence-corrected chi connectivity index (χ4v) is 1.65. The van der Waals surface area contributed by atoms with Crippen LogP contribution >= 0.6 is 0 Å². The molecular formula is C13H17NO3. The highest BCUT2D eigenvalue weighted by Gasteiger charge is 2.29. The molecule has 1 N–H and O–H groups in total. The molecule has 0 aromatic heterocycles. The van der Waals surface area contributed by atoms with Crippen LogP contribution in [0.3, 0.4) is 0 Å². The molecule has 1 aromatic rings. The molecule has 1 saturated carbocycles. The van der Waals surface area contributed by atoms with Crippen molar-refractivity contribution in [2.45, 2.75) is 25.5 Å². The number of benzene rings is 1. The average molecular weight is 235 g/mol. The number of likely N-dealkylation sites (N-methyl/N-ethyl adjacent to an activating group) is 1. The van der Waals surface area contributed by atoms with Crippen LogP contribution in [0, 0.1) is 0 Å². The first-order valence-corrected chi connectivity index (χ1v) is 5.79. The highest BCUT2D eigenvalue weighted by molar-refractivity contribution is 5.78. The SMILES string of the molecule is CN(C(=O)COc1cccc(CO)c1)C1CC1. The maximum absolute atomic E-state index is 11.7. The first-order chi connectivity index (χ1) is 8.20. The summed E-state index contributed by atoms with van der Waals surface area (Å²) < 4.78 is 5.41. The standard InChI is InChI=1S/C13H17NO3/c1-14(11-5-6-11)13(16)9-17-12-4-2-3-10(7-12)8-15/h2-4,7,11,15H,5-6,8-9H2,1H3. The van der Waals surface area contributed by atoms with Crippen LogP contribution in [0.4, 0.5) is 0 Å². The molecular weight excluding hydrogens is 218 g/mol. The first kappa shape index (κ1) is 11.9. The van der Waals surface area contributed by atoms with Crippen molar-refractivity contribution in [1.82, 2.24) is 4.90 Å². The highest BCUT2D eigenvalue weighted by Crippen LogP contribution is 2.25. The quantitative estimate of drug-likeness (QED) is 0.833. The van der Waals surface area contributed by atoms with Crippen LogP contribution in [0.1, 0.15) is 18.4 Å². The Bertz CT molecular complexity index is 401. The molecule has 1 amide bonds. The van der Waals surface area contributed by atoms with Crippen LogP contribution in [0.5, 0.6) is 5.75 Å². The molecule has 0 radical (unpaired) electrons. The van der Waals surface area contributed by atoms with E-state index in [9.17, 15) is 4.79 Å². The van der Waals surface area contributed by atoms with Crippen molar-refractivity contribution in [2.75, 3.05) is 13.7 Å². The third-order valence-corrected chi connectivity index (χ3v) is 2.93. The predicted octanol–water partition coefficient (Wildman–Crippen LogP) is 1.18. The van der Waals surface area contributed by atoms with Crippen LogP contribution in [0.15, 0.2) is 24.3 Å². The molecule has 2 rings (SSSR count). The van der Waals surface area contributed by atoms with Gasteiger partial charge in [0, 0.05) is 13.1 Å². The predicted molar refractivity (Wildman–Crippen MR) is 63.7 cm³/mol. The molecule has 92 valence electrons. The van der Waals surface area contributed by atoms with Crippen molar-refractivity contribution in [1.29, 1.82) is 0 Å². The number of hydrogen-bond acceptors (Lipinski definition) is 3. The zero-order valence-electron chi connectivity index (χ0n) is 9.93. The summed E-state index contributed by atoms with van der Waals surface area (Å²) in [6.45, 7) is 0.0367. The minimum atomic E-state index is -0.0207. The molecule has 0 atom stereocenters. The summed E-state index contributed by atoms with van der Waals surface area (Å²) in [5, 5.41) is 8.98. The van der Waals surface area contributed by atoms with Gasteiger partial charge in [0.25, 0.3) is 5.91 Å². The molecule has 0 spiro atoms. The lowest BCUT2D eigenvalue weighted by molar-refractivity contribution is -0.132. The van der Waals surface area contributed by atoms with E-state index < -0.39 is 0 Å². The number of hydrogen-bond donors (Lipinski definition) is 1. The second kappa shape index (κ2) is 5.19. The van der Waals surface area contributed by atoms with Crippen molar-refractivity contribution in [3.8, 4) is 5.75 Å². The second-order valence-corrected chi connectivity index (χ2v) is 4.33. The molecule has 1 fully saturated rings. The molecule has 0 aliphatic heterocycles. The van der Waals surface area contributed by atoms with Crippen molar-refractivity contribution in [2.24, 2.45) is 0 Å². The van der Waals surface area contributed by atoms with Gasteiger partial charge < -0.3 is 14.7 Å². The molecule has 0 saturated heterocycles. The van der Waals surface area contributed by atoms with E-state index in [0.717, 1.165) is 18.4 Å². The number of amides is 1. The van der Waals surface area contributed by atoms with Gasteiger partial charge in [0.2, 0.25) is 0 Å².